The fourth-order valence-electron chi connectivity index (χ4n) is 3.29. The van der Waals surface area contributed by atoms with Crippen molar-refractivity contribution in [3.8, 4) is 0 Å². The topological polar surface area (TPSA) is 66.5 Å². The van der Waals surface area contributed by atoms with Gasteiger partial charge in [0.2, 0.25) is 0 Å². The predicted octanol–water partition coefficient (Wildman–Crippen LogP) is 4.12. The zero-order chi connectivity index (χ0) is 19.4. The smallest absolute Gasteiger partial charge is 0.261 e. The van der Waals surface area contributed by atoms with Gasteiger partial charge in [0.1, 0.15) is 0 Å². The van der Waals surface area contributed by atoms with Crippen LogP contribution in [0.25, 0.3) is 0 Å². The van der Waals surface area contributed by atoms with Crippen molar-refractivity contribution in [1.82, 2.24) is 4.90 Å². The maximum absolute atomic E-state index is 12.7. The summed E-state index contributed by atoms with van der Waals surface area (Å²) >= 11 is 0. The van der Waals surface area contributed by atoms with E-state index in [1.807, 2.05) is 18.7 Å². The Morgan fingerprint density at radius 2 is 1.56 bits per heavy atom. The molecule has 27 heavy (non-hydrogen) atoms. The van der Waals surface area contributed by atoms with E-state index in [0.717, 1.165) is 37.1 Å². The number of benzene rings is 2. The third-order valence-electron chi connectivity index (χ3n) is 4.94. The van der Waals surface area contributed by atoms with Crippen LogP contribution in [0, 0.1) is 13.8 Å². The summed E-state index contributed by atoms with van der Waals surface area (Å²) in [5.74, 6) is 0.0212. The number of likely N-dealkylation sites (tertiary alicyclic amines) is 1. The van der Waals surface area contributed by atoms with Gasteiger partial charge in [-0.05, 0) is 62.6 Å². The van der Waals surface area contributed by atoms with Crippen LogP contribution in [0.1, 0.15) is 47.2 Å². The first-order valence-corrected chi connectivity index (χ1v) is 10.8. The number of aryl methyl sites for hydroxylation is 2. The SMILES string of the molecule is Cc1ccc(S(=O)(=O)Nc2ccc(C(=O)N3CCCCCC3)cc2C)cc1. The minimum atomic E-state index is -3.66. The minimum absolute atomic E-state index is 0.0212. The van der Waals surface area contributed by atoms with Crippen LogP contribution in [-0.4, -0.2) is 32.3 Å². The second-order valence-electron chi connectivity index (χ2n) is 7.15. The molecule has 0 saturated carbocycles. The molecule has 0 unspecified atom stereocenters. The van der Waals surface area contributed by atoms with E-state index in [9.17, 15) is 13.2 Å². The first-order valence-electron chi connectivity index (χ1n) is 9.36. The highest BCUT2D eigenvalue weighted by Gasteiger charge is 2.19. The van der Waals surface area contributed by atoms with Gasteiger partial charge < -0.3 is 4.90 Å². The summed E-state index contributed by atoms with van der Waals surface area (Å²) in [6.45, 7) is 5.31. The molecule has 6 heteroatoms. The summed E-state index contributed by atoms with van der Waals surface area (Å²) < 4.78 is 27.8. The van der Waals surface area contributed by atoms with Crippen LogP contribution in [0.5, 0.6) is 0 Å². The van der Waals surface area contributed by atoms with E-state index in [4.69, 9.17) is 0 Å². The van der Waals surface area contributed by atoms with Gasteiger partial charge in [-0.2, -0.15) is 0 Å². The third kappa shape index (κ3) is 4.69. The first kappa shape index (κ1) is 19.4. The number of nitrogens with zero attached hydrogens (tertiary/aromatic N) is 1. The van der Waals surface area contributed by atoms with Crippen LogP contribution in [0.15, 0.2) is 47.4 Å². The molecule has 0 atom stereocenters. The van der Waals surface area contributed by atoms with Crippen LogP contribution >= 0.6 is 0 Å². The molecule has 1 aliphatic rings. The molecule has 0 aliphatic carbocycles. The van der Waals surface area contributed by atoms with E-state index in [-0.39, 0.29) is 10.8 Å². The standard InChI is InChI=1S/C21H26N2O3S/c1-16-7-10-19(11-8-16)27(25,26)22-20-12-9-18(15-17(20)2)21(24)23-13-5-3-4-6-14-23/h7-12,15,22H,3-6,13-14H2,1-2H3. The lowest BCUT2D eigenvalue weighted by Gasteiger charge is -2.21. The zero-order valence-corrected chi connectivity index (χ0v) is 16.7. The van der Waals surface area contributed by atoms with Crippen molar-refractivity contribution < 1.29 is 13.2 Å². The molecular weight excluding hydrogens is 360 g/mol. The average molecular weight is 387 g/mol. The van der Waals surface area contributed by atoms with Crippen molar-refractivity contribution in [2.75, 3.05) is 17.8 Å². The monoisotopic (exact) mass is 386 g/mol. The van der Waals surface area contributed by atoms with Crippen LogP contribution in [0.4, 0.5) is 5.69 Å². The summed E-state index contributed by atoms with van der Waals surface area (Å²) in [4.78, 5) is 14.9. The van der Waals surface area contributed by atoms with E-state index < -0.39 is 10.0 Å². The highest BCUT2D eigenvalue weighted by molar-refractivity contribution is 7.92. The Hall–Kier alpha value is -2.34. The number of nitrogens with one attached hydrogen (secondary N) is 1. The van der Waals surface area contributed by atoms with Gasteiger partial charge in [-0.25, -0.2) is 8.42 Å². The lowest BCUT2D eigenvalue weighted by Crippen LogP contribution is -2.31. The van der Waals surface area contributed by atoms with Gasteiger partial charge in [0, 0.05) is 18.7 Å². The molecule has 1 amide bonds. The first-order chi connectivity index (χ1) is 12.9. The molecule has 0 radical (unpaired) electrons. The molecule has 1 heterocycles. The highest BCUT2D eigenvalue weighted by atomic mass is 32.2. The maximum Gasteiger partial charge on any atom is 0.261 e. The number of rotatable bonds is 4. The Kier molecular flexibility index (Phi) is 5.85. The Morgan fingerprint density at radius 3 is 2.15 bits per heavy atom. The molecule has 3 rings (SSSR count). The summed E-state index contributed by atoms with van der Waals surface area (Å²) in [6.07, 6.45) is 4.42. The molecule has 1 fully saturated rings. The number of anilines is 1. The van der Waals surface area contributed by atoms with Gasteiger partial charge in [0.15, 0.2) is 0 Å². The molecule has 1 saturated heterocycles. The van der Waals surface area contributed by atoms with Crippen molar-refractivity contribution >= 4 is 21.6 Å². The van der Waals surface area contributed by atoms with Gasteiger partial charge >= 0.3 is 0 Å². The zero-order valence-electron chi connectivity index (χ0n) is 15.9. The molecule has 2 aromatic rings. The molecule has 0 aromatic heterocycles. The summed E-state index contributed by atoms with van der Waals surface area (Å²) in [6, 6.07) is 11.8. The van der Waals surface area contributed by atoms with Crippen LogP contribution in [0.2, 0.25) is 0 Å². The molecule has 5 nitrogen and oxygen atoms in total. The van der Waals surface area contributed by atoms with E-state index in [2.05, 4.69) is 4.72 Å². The Balaban J connectivity index is 1.78. The van der Waals surface area contributed by atoms with E-state index >= 15 is 0 Å². The number of carbonyl (C=O) groups is 1. The van der Waals surface area contributed by atoms with E-state index in [0.29, 0.717) is 11.3 Å². The summed E-state index contributed by atoms with van der Waals surface area (Å²) in [5.41, 5.74) is 2.82. The molecule has 1 aliphatic heterocycles. The fourth-order valence-corrected chi connectivity index (χ4v) is 4.42. The van der Waals surface area contributed by atoms with Gasteiger partial charge in [0.05, 0.1) is 10.6 Å². The number of amides is 1. The van der Waals surface area contributed by atoms with Gasteiger partial charge in [0.25, 0.3) is 15.9 Å². The molecule has 144 valence electrons. The number of carbonyl (C=O) groups excluding carboxylic acids is 1. The van der Waals surface area contributed by atoms with Crippen molar-refractivity contribution in [2.45, 2.75) is 44.4 Å². The quantitative estimate of drug-likeness (QED) is 0.859. The number of hydrogen-bond acceptors (Lipinski definition) is 3. The van der Waals surface area contributed by atoms with Crippen molar-refractivity contribution in [3.63, 3.8) is 0 Å². The average Bonchev–Trinajstić information content (AvgIpc) is 2.92. The van der Waals surface area contributed by atoms with E-state index in [1.165, 1.54) is 12.8 Å². The van der Waals surface area contributed by atoms with Gasteiger partial charge in [-0.15, -0.1) is 0 Å². The summed E-state index contributed by atoms with van der Waals surface area (Å²) in [7, 11) is -3.66. The van der Waals surface area contributed by atoms with E-state index in [1.54, 1.807) is 42.5 Å². The lowest BCUT2D eigenvalue weighted by atomic mass is 10.1. The molecule has 1 N–H and O–H groups in total. The fraction of sp³-hybridized carbons (Fsp3) is 0.381. The molecular formula is C21H26N2O3S. The molecule has 0 bridgehead atoms. The molecule has 0 spiro atoms. The highest BCUT2D eigenvalue weighted by Crippen LogP contribution is 2.22. The second-order valence-corrected chi connectivity index (χ2v) is 8.84. The Labute approximate surface area is 161 Å². The second kappa shape index (κ2) is 8.13. The number of hydrogen-bond donors (Lipinski definition) is 1. The number of sulfonamides is 1. The van der Waals surface area contributed by atoms with Crippen LogP contribution in [-0.2, 0) is 10.0 Å². The largest absolute Gasteiger partial charge is 0.339 e. The predicted molar refractivity (Wildman–Crippen MR) is 108 cm³/mol. The van der Waals surface area contributed by atoms with Gasteiger partial charge in [-0.1, -0.05) is 30.5 Å². The Bertz CT molecular complexity index is 913. The summed E-state index contributed by atoms with van der Waals surface area (Å²) in [5, 5.41) is 0. The van der Waals surface area contributed by atoms with Gasteiger partial charge in [-0.3, -0.25) is 9.52 Å². The van der Waals surface area contributed by atoms with Crippen molar-refractivity contribution in [3.05, 3.63) is 59.2 Å². The van der Waals surface area contributed by atoms with Crippen LogP contribution in [0.3, 0.4) is 0 Å². The third-order valence-corrected chi connectivity index (χ3v) is 6.32. The minimum Gasteiger partial charge on any atom is -0.339 e. The molecule has 2 aromatic carbocycles. The van der Waals surface area contributed by atoms with Crippen molar-refractivity contribution in [1.29, 1.82) is 0 Å². The normalized spacial score (nSPS) is 15.3. The van der Waals surface area contributed by atoms with Crippen molar-refractivity contribution in [2.24, 2.45) is 0 Å². The Morgan fingerprint density at radius 1 is 0.926 bits per heavy atom. The maximum atomic E-state index is 12.7. The lowest BCUT2D eigenvalue weighted by molar-refractivity contribution is 0.0761. The van der Waals surface area contributed by atoms with Crippen LogP contribution < -0.4 is 4.72 Å².